The second-order valence-electron chi connectivity index (χ2n) is 6.03. The summed E-state index contributed by atoms with van der Waals surface area (Å²) in [5.74, 6) is 1.82. The van der Waals surface area contributed by atoms with Crippen molar-refractivity contribution in [2.75, 3.05) is 19.6 Å². The third kappa shape index (κ3) is 3.50. The van der Waals surface area contributed by atoms with Gasteiger partial charge in [-0.2, -0.15) is 0 Å². The number of aliphatic hydroxyl groups is 1. The largest absolute Gasteiger partial charge is 0.459 e. The molecule has 2 aromatic rings. The number of benzene rings is 1. The maximum absolute atomic E-state index is 9.66. The number of aliphatic hydroxyl groups excluding tert-OH is 1. The van der Waals surface area contributed by atoms with Crippen molar-refractivity contribution in [3.05, 3.63) is 35.6 Å². The van der Waals surface area contributed by atoms with Gasteiger partial charge in [0.25, 0.3) is 0 Å². The molecule has 1 aliphatic rings. The summed E-state index contributed by atoms with van der Waals surface area (Å²) >= 11 is 0. The van der Waals surface area contributed by atoms with Gasteiger partial charge >= 0.3 is 0 Å². The number of nitrogens with zero attached hydrogens (tertiary/aromatic N) is 2. The summed E-state index contributed by atoms with van der Waals surface area (Å²) in [6, 6.07) is 8.09. The summed E-state index contributed by atoms with van der Waals surface area (Å²) < 4.78 is 5.94. The maximum atomic E-state index is 9.66. The average molecular weight is 315 g/mol. The Morgan fingerprint density at radius 1 is 1.35 bits per heavy atom. The predicted molar refractivity (Wildman–Crippen MR) is 92.6 cm³/mol. The number of furan rings is 1. The van der Waals surface area contributed by atoms with Crippen LogP contribution in [-0.2, 0) is 6.54 Å². The highest BCUT2D eigenvalue weighted by molar-refractivity contribution is 5.82. The van der Waals surface area contributed by atoms with Crippen molar-refractivity contribution >= 4 is 16.9 Å². The molecule has 124 valence electrons. The average Bonchev–Trinajstić information content (AvgIpc) is 2.89. The van der Waals surface area contributed by atoms with Gasteiger partial charge in [0, 0.05) is 30.6 Å². The van der Waals surface area contributed by atoms with E-state index in [1.54, 1.807) is 0 Å². The van der Waals surface area contributed by atoms with E-state index < -0.39 is 0 Å². The van der Waals surface area contributed by atoms with Gasteiger partial charge in [-0.3, -0.25) is 0 Å². The van der Waals surface area contributed by atoms with E-state index in [-0.39, 0.29) is 6.10 Å². The first-order valence-corrected chi connectivity index (χ1v) is 8.37. The number of fused-ring (bicyclic) bond motifs is 1. The van der Waals surface area contributed by atoms with Crippen LogP contribution in [0.2, 0.25) is 0 Å². The smallest absolute Gasteiger partial charge is 0.194 e. The van der Waals surface area contributed by atoms with Gasteiger partial charge in [0.2, 0.25) is 0 Å². The lowest BCUT2D eigenvalue weighted by atomic mass is 10.1. The van der Waals surface area contributed by atoms with Crippen LogP contribution in [0.25, 0.3) is 11.0 Å². The second kappa shape index (κ2) is 7.04. The van der Waals surface area contributed by atoms with Gasteiger partial charge in [-0.25, -0.2) is 4.99 Å². The van der Waals surface area contributed by atoms with Gasteiger partial charge in [0.15, 0.2) is 5.96 Å². The van der Waals surface area contributed by atoms with Crippen LogP contribution in [0.4, 0.5) is 0 Å². The first kappa shape index (κ1) is 15.9. The highest BCUT2D eigenvalue weighted by atomic mass is 16.3. The first-order valence-electron chi connectivity index (χ1n) is 8.37. The third-order valence-electron chi connectivity index (χ3n) is 4.41. The number of likely N-dealkylation sites (tertiary alicyclic amines) is 1. The van der Waals surface area contributed by atoms with Crippen LogP contribution in [0, 0.1) is 6.92 Å². The third-order valence-corrected chi connectivity index (χ3v) is 4.41. The van der Waals surface area contributed by atoms with E-state index in [4.69, 9.17) is 9.41 Å². The molecule has 1 saturated heterocycles. The van der Waals surface area contributed by atoms with Gasteiger partial charge in [-0.05, 0) is 32.8 Å². The molecule has 5 nitrogen and oxygen atoms in total. The Morgan fingerprint density at radius 2 is 2.09 bits per heavy atom. The monoisotopic (exact) mass is 315 g/mol. The van der Waals surface area contributed by atoms with Gasteiger partial charge < -0.3 is 19.7 Å². The number of hydrogen-bond acceptors (Lipinski definition) is 3. The van der Waals surface area contributed by atoms with Crippen LogP contribution >= 0.6 is 0 Å². The van der Waals surface area contributed by atoms with E-state index in [9.17, 15) is 5.11 Å². The zero-order valence-electron chi connectivity index (χ0n) is 13.9. The lowest BCUT2D eigenvalue weighted by molar-refractivity contribution is 0.108. The summed E-state index contributed by atoms with van der Waals surface area (Å²) in [5, 5.41) is 14.2. The fourth-order valence-electron chi connectivity index (χ4n) is 3.03. The maximum Gasteiger partial charge on any atom is 0.194 e. The number of nitrogens with one attached hydrogen (secondary N) is 1. The van der Waals surface area contributed by atoms with Gasteiger partial charge in [-0.1, -0.05) is 18.2 Å². The fraction of sp³-hybridized carbons (Fsp3) is 0.500. The number of guanidine groups is 1. The molecule has 1 aromatic heterocycles. The number of piperidine rings is 1. The number of hydrogen-bond donors (Lipinski definition) is 2. The zero-order chi connectivity index (χ0) is 16.2. The van der Waals surface area contributed by atoms with Gasteiger partial charge in [0.05, 0.1) is 6.10 Å². The van der Waals surface area contributed by atoms with Crippen molar-refractivity contribution in [3.63, 3.8) is 0 Å². The van der Waals surface area contributed by atoms with Crippen molar-refractivity contribution in [1.29, 1.82) is 0 Å². The van der Waals surface area contributed by atoms with Crippen LogP contribution in [-0.4, -0.2) is 41.7 Å². The van der Waals surface area contributed by atoms with Gasteiger partial charge in [-0.15, -0.1) is 0 Å². The fourth-order valence-corrected chi connectivity index (χ4v) is 3.03. The van der Waals surface area contributed by atoms with Crippen LogP contribution in [0.1, 0.15) is 31.1 Å². The Bertz CT molecular complexity index is 685. The Morgan fingerprint density at radius 3 is 2.78 bits per heavy atom. The molecule has 0 unspecified atom stereocenters. The minimum absolute atomic E-state index is 0.174. The second-order valence-corrected chi connectivity index (χ2v) is 6.03. The first-order chi connectivity index (χ1) is 11.2. The minimum Gasteiger partial charge on any atom is -0.459 e. The molecular formula is C18H25N3O2. The number of aliphatic imine (C=N–C) groups is 1. The predicted octanol–water partition coefficient (Wildman–Crippen LogP) is 2.66. The lowest BCUT2D eigenvalue weighted by Crippen LogP contribution is -2.46. The molecule has 0 spiro atoms. The van der Waals surface area contributed by atoms with E-state index in [0.717, 1.165) is 60.7 Å². The SMILES string of the molecule is CCNC(=NCc1oc2ccccc2c1C)N1CCC(O)CC1. The molecule has 0 radical (unpaired) electrons. The Labute approximate surface area is 137 Å². The van der Waals surface area contributed by atoms with Crippen molar-refractivity contribution in [2.24, 2.45) is 4.99 Å². The van der Waals surface area contributed by atoms with E-state index in [1.165, 1.54) is 0 Å². The van der Waals surface area contributed by atoms with Crippen LogP contribution < -0.4 is 5.32 Å². The van der Waals surface area contributed by atoms with Crippen LogP contribution in [0.3, 0.4) is 0 Å². The van der Waals surface area contributed by atoms with E-state index in [1.807, 2.05) is 18.2 Å². The van der Waals surface area contributed by atoms with E-state index in [0.29, 0.717) is 6.54 Å². The molecule has 0 aliphatic carbocycles. The van der Waals surface area contributed by atoms with Crippen LogP contribution in [0.5, 0.6) is 0 Å². The van der Waals surface area contributed by atoms with Crippen LogP contribution in [0.15, 0.2) is 33.7 Å². The highest BCUT2D eigenvalue weighted by Gasteiger charge is 2.20. The Hall–Kier alpha value is -2.01. The lowest BCUT2D eigenvalue weighted by Gasteiger charge is -2.32. The normalized spacial score (nSPS) is 17.0. The molecule has 0 amide bonds. The molecule has 5 heteroatoms. The molecule has 1 aromatic carbocycles. The Kier molecular flexibility index (Phi) is 4.86. The van der Waals surface area contributed by atoms with E-state index in [2.05, 4.69) is 30.1 Å². The molecule has 0 saturated carbocycles. The van der Waals surface area contributed by atoms with Crippen molar-refractivity contribution in [3.8, 4) is 0 Å². The zero-order valence-corrected chi connectivity index (χ0v) is 13.9. The topological polar surface area (TPSA) is 61.0 Å². The molecule has 0 bridgehead atoms. The summed E-state index contributed by atoms with van der Waals surface area (Å²) in [7, 11) is 0. The summed E-state index contributed by atoms with van der Waals surface area (Å²) in [6.45, 7) is 7.19. The number of para-hydroxylation sites is 1. The molecular weight excluding hydrogens is 290 g/mol. The molecule has 2 heterocycles. The highest BCUT2D eigenvalue weighted by Crippen LogP contribution is 2.25. The standard InChI is InChI=1S/C18H25N3O2/c1-3-19-18(21-10-8-14(22)9-11-21)20-12-17-13(2)15-6-4-5-7-16(15)23-17/h4-7,14,22H,3,8-12H2,1-2H3,(H,19,20). The van der Waals surface area contributed by atoms with Gasteiger partial charge in [0.1, 0.15) is 17.9 Å². The van der Waals surface area contributed by atoms with Crippen molar-refractivity contribution in [1.82, 2.24) is 10.2 Å². The summed E-state index contributed by atoms with van der Waals surface area (Å²) in [5.41, 5.74) is 2.08. The van der Waals surface area contributed by atoms with E-state index >= 15 is 0 Å². The number of rotatable bonds is 3. The Balaban J connectivity index is 1.78. The minimum atomic E-state index is -0.174. The molecule has 2 N–H and O–H groups in total. The quantitative estimate of drug-likeness (QED) is 0.675. The molecule has 23 heavy (non-hydrogen) atoms. The molecule has 0 atom stereocenters. The van der Waals surface area contributed by atoms with Crippen molar-refractivity contribution in [2.45, 2.75) is 39.3 Å². The summed E-state index contributed by atoms with van der Waals surface area (Å²) in [6.07, 6.45) is 1.43. The number of aryl methyl sites for hydroxylation is 1. The summed E-state index contributed by atoms with van der Waals surface area (Å²) in [4.78, 5) is 6.96. The molecule has 1 aliphatic heterocycles. The molecule has 1 fully saturated rings. The molecule has 3 rings (SSSR count). The van der Waals surface area contributed by atoms with Crippen molar-refractivity contribution < 1.29 is 9.52 Å².